The smallest absolute Gasteiger partial charge is 0.306 e. The zero-order valence-corrected chi connectivity index (χ0v) is 32.0. The molecule has 282 valence electrons. The van der Waals surface area contributed by atoms with Gasteiger partial charge in [-0.2, -0.15) is 0 Å². The van der Waals surface area contributed by atoms with Crippen LogP contribution < -0.4 is 19.7 Å². The number of carbonyl (C=O) groups is 3. The number of carboxylic acid groups (broad SMARTS) is 1. The van der Waals surface area contributed by atoms with Gasteiger partial charge in [0.2, 0.25) is 10.0 Å². The Kier molecular flexibility index (Phi) is 14.6. The van der Waals surface area contributed by atoms with E-state index in [1.807, 2.05) is 43.5 Å². The third kappa shape index (κ3) is 10.3. The number of hydrogen-bond donors (Lipinski definition) is 4. The molecule has 52 heavy (non-hydrogen) atoms. The minimum Gasteiger partial charge on any atom is -0.508 e. The van der Waals surface area contributed by atoms with Crippen LogP contribution >= 0.6 is 11.8 Å². The first-order chi connectivity index (χ1) is 24.9. The highest BCUT2D eigenvalue weighted by Crippen LogP contribution is 2.44. The molecule has 3 aromatic rings. The van der Waals surface area contributed by atoms with Crippen LogP contribution in [0.2, 0.25) is 0 Å². The van der Waals surface area contributed by atoms with Gasteiger partial charge in [0.05, 0.1) is 22.0 Å². The Labute approximate surface area is 311 Å². The van der Waals surface area contributed by atoms with Crippen molar-refractivity contribution in [3.05, 3.63) is 72.3 Å². The molecular weight excluding hydrogens is 703 g/mol. The molecule has 0 aromatic heterocycles. The van der Waals surface area contributed by atoms with Crippen molar-refractivity contribution >= 4 is 50.8 Å². The molecule has 0 spiro atoms. The average Bonchev–Trinajstić information content (AvgIpc) is 3.22. The molecule has 11 nitrogen and oxygen atoms in total. The summed E-state index contributed by atoms with van der Waals surface area (Å²) in [4.78, 5) is 41.4. The summed E-state index contributed by atoms with van der Waals surface area (Å²) in [6, 6.07) is 17.5. The van der Waals surface area contributed by atoms with Crippen LogP contribution in [-0.2, 0) is 24.4 Å². The van der Waals surface area contributed by atoms with Gasteiger partial charge in [0.25, 0.3) is 5.91 Å². The van der Waals surface area contributed by atoms with Crippen molar-refractivity contribution in [1.82, 2.24) is 10.0 Å². The minimum atomic E-state index is -4.06. The van der Waals surface area contributed by atoms with Crippen molar-refractivity contribution in [2.45, 2.75) is 99.9 Å². The number of amides is 1. The van der Waals surface area contributed by atoms with Gasteiger partial charge in [-0.1, -0.05) is 83.2 Å². The van der Waals surface area contributed by atoms with E-state index in [0.29, 0.717) is 48.4 Å². The topological polar surface area (TPSA) is 162 Å². The minimum absolute atomic E-state index is 0.0324. The van der Waals surface area contributed by atoms with E-state index in [-0.39, 0.29) is 22.8 Å². The van der Waals surface area contributed by atoms with E-state index in [1.165, 1.54) is 42.1 Å². The predicted octanol–water partition coefficient (Wildman–Crippen LogP) is 7.36. The number of phenolic OH excluding ortho intramolecular Hbond substituents is 1. The molecule has 1 aliphatic heterocycles. The number of ketones is 1. The Morgan fingerprint density at radius 2 is 1.63 bits per heavy atom. The number of nitrogens with one attached hydrogen (secondary N) is 2. The first-order valence-electron chi connectivity index (χ1n) is 17.9. The number of sulfonamides is 1. The van der Waals surface area contributed by atoms with Crippen LogP contribution in [0.4, 0.5) is 11.4 Å². The van der Waals surface area contributed by atoms with Gasteiger partial charge >= 0.3 is 5.97 Å². The fourth-order valence-corrected chi connectivity index (χ4v) is 8.83. The number of nitrogens with zero attached hydrogens (tertiary/aromatic N) is 1. The second kappa shape index (κ2) is 18.6. The highest BCUT2D eigenvalue weighted by molar-refractivity contribution is 7.98. The molecule has 0 bridgehead atoms. The number of aliphatic carboxylic acids is 1. The summed E-state index contributed by atoms with van der Waals surface area (Å²) in [5, 5.41) is 22.2. The number of para-hydroxylation sites is 1. The summed E-state index contributed by atoms with van der Waals surface area (Å²) in [7, 11) is -4.06. The van der Waals surface area contributed by atoms with Crippen molar-refractivity contribution in [1.29, 1.82) is 0 Å². The monoisotopic (exact) mass is 753 g/mol. The number of ether oxygens (including phenoxy) is 1. The van der Waals surface area contributed by atoms with Gasteiger partial charge in [0.1, 0.15) is 22.4 Å². The fourth-order valence-electron chi connectivity index (χ4n) is 6.63. The van der Waals surface area contributed by atoms with Crippen molar-refractivity contribution in [2.75, 3.05) is 24.3 Å². The summed E-state index contributed by atoms with van der Waals surface area (Å²) in [5.41, 5.74) is 1.02. The molecule has 0 aliphatic carbocycles. The molecular formula is C39H51N3O8S2. The number of Topliss-reactive ketones (excluding diaryl/α,β-unsaturated/α-hetero) is 1. The summed E-state index contributed by atoms with van der Waals surface area (Å²) < 4.78 is 37.7. The number of carbonyl (C=O) groups excluding carboxylic acids is 2. The maximum Gasteiger partial charge on any atom is 0.306 e. The Morgan fingerprint density at radius 1 is 0.981 bits per heavy atom. The number of phenols is 1. The lowest BCUT2D eigenvalue weighted by molar-refractivity contribution is -0.144. The van der Waals surface area contributed by atoms with Crippen LogP contribution in [0, 0.1) is 5.92 Å². The molecule has 2 atom stereocenters. The number of rotatable bonds is 19. The molecule has 3 aromatic carbocycles. The second-order valence-corrected chi connectivity index (χ2v) is 15.9. The Morgan fingerprint density at radius 3 is 2.21 bits per heavy atom. The highest BCUT2D eigenvalue weighted by Gasteiger charge is 2.42. The van der Waals surface area contributed by atoms with Gasteiger partial charge < -0.3 is 25.2 Å². The fraction of sp³-hybridized carbons (Fsp3) is 0.462. The lowest BCUT2D eigenvalue weighted by Gasteiger charge is -2.37. The van der Waals surface area contributed by atoms with E-state index in [1.54, 1.807) is 6.07 Å². The number of thioether (sulfide) groups is 1. The summed E-state index contributed by atoms with van der Waals surface area (Å²) >= 11 is 1.35. The Hall–Kier alpha value is -4.07. The van der Waals surface area contributed by atoms with E-state index in [9.17, 15) is 33.0 Å². The Bertz CT molecular complexity index is 1780. The van der Waals surface area contributed by atoms with Crippen LogP contribution in [0.5, 0.6) is 11.5 Å². The van der Waals surface area contributed by atoms with Gasteiger partial charge in [-0.25, -0.2) is 13.1 Å². The third-order valence-electron chi connectivity index (χ3n) is 9.37. The van der Waals surface area contributed by atoms with Gasteiger partial charge in [0, 0.05) is 24.7 Å². The quantitative estimate of drug-likeness (QED) is 0.0911. The van der Waals surface area contributed by atoms with Crippen molar-refractivity contribution in [3.8, 4) is 11.5 Å². The maximum atomic E-state index is 14.3. The largest absolute Gasteiger partial charge is 0.508 e. The van der Waals surface area contributed by atoms with E-state index in [2.05, 4.69) is 28.8 Å². The number of hydrogen-bond acceptors (Lipinski definition) is 9. The van der Waals surface area contributed by atoms with Gasteiger partial charge in [-0.3, -0.25) is 14.4 Å². The van der Waals surface area contributed by atoms with Gasteiger partial charge in [-0.05, 0) is 61.4 Å². The molecule has 0 fully saturated rings. The zero-order valence-electron chi connectivity index (χ0n) is 30.4. The van der Waals surface area contributed by atoms with Gasteiger partial charge in [0.15, 0.2) is 12.4 Å². The first kappa shape index (κ1) is 40.7. The van der Waals surface area contributed by atoms with Crippen LogP contribution in [-0.4, -0.2) is 61.2 Å². The summed E-state index contributed by atoms with van der Waals surface area (Å²) in [6.07, 6.45) is 7.31. The number of anilines is 2. The molecule has 4 rings (SSSR count). The maximum absolute atomic E-state index is 14.3. The van der Waals surface area contributed by atoms with Crippen LogP contribution in [0.1, 0.15) is 90.2 Å². The van der Waals surface area contributed by atoms with Crippen molar-refractivity contribution in [2.24, 2.45) is 5.92 Å². The molecule has 13 heteroatoms. The van der Waals surface area contributed by atoms with Gasteiger partial charge in [-0.15, -0.1) is 11.8 Å². The SMILES string of the molecule is CCCCC1(CCCC)CN(c2ccccc2)c2cc(SC)c(OCC(=O)N[C@@H](C(=O)C[C@@H](CCC)C(=O)O)c3ccc(O)cc3)cc2S(=O)(=O)N1. The van der Waals surface area contributed by atoms with Crippen molar-refractivity contribution in [3.63, 3.8) is 0 Å². The van der Waals surface area contributed by atoms with E-state index >= 15 is 0 Å². The number of fused-ring (bicyclic) bond motifs is 1. The van der Waals surface area contributed by atoms with Crippen molar-refractivity contribution < 1.29 is 37.8 Å². The lowest BCUT2D eigenvalue weighted by Crippen LogP contribution is -2.53. The molecule has 1 heterocycles. The molecule has 1 aliphatic rings. The number of carboxylic acids is 1. The average molecular weight is 754 g/mol. The highest BCUT2D eigenvalue weighted by atomic mass is 32.2. The van der Waals surface area contributed by atoms with E-state index in [4.69, 9.17) is 4.74 Å². The first-order valence-corrected chi connectivity index (χ1v) is 20.6. The zero-order chi connectivity index (χ0) is 37.9. The van der Waals surface area contributed by atoms with Crippen LogP contribution in [0.15, 0.2) is 76.5 Å². The number of benzene rings is 3. The molecule has 4 N–H and O–H groups in total. The molecule has 0 saturated carbocycles. The molecule has 1 amide bonds. The van der Waals surface area contributed by atoms with Crippen LogP contribution in [0.3, 0.4) is 0 Å². The normalized spacial score (nSPS) is 15.9. The third-order valence-corrected chi connectivity index (χ3v) is 11.7. The predicted molar refractivity (Wildman–Crippen MR) is 204 cm³/mol. The number of unbranched alkanes of at least 4 members (excludes halogenated alkanes) is 2. The summed E-state index contributed by atoms with van der Waals surface area (Å²) in [6.45, 7) is 5.91. The molecule has 0 unspecified atom stereocenters. The standard InChI is InChI=1S/C39H51N3O8S2/c1-5-8-20-39(21-9-6-2)26-42(29-14-11-10-12-15-29)31-23-34(51-4)33(24-35(31)52(48,49)41-39)50-25-36(45)40-37(27-16-18-30(43)19-17-27)32(44)22-28(13-7-3)38(46)47/h10-12,14-19,23-24,28,37,41,43H,5-9,13,20-22,25-26H2,1-4H3,(H,40,45)(H,46,47)/t28-,37-/m1/s1. The van der Waals surface area contributed by atoms with E-state index in [0.717, 1.165) is 31.4 Å². The lowest BCUT2D eigenvalue weighted by atomic mass is 9.87. The molecule has 0 saturated heterocycles. The number of aromatic hydroxyl groups is 1. The Balaban J connectivity index is 1.68. The van der Waals surface area contributed by atoms with Crippen LogP contribution in [0.25, 0.3) is 0 Å². The second-order valence-electron chi connectivity index (χ2n) is 13.4. The summed E-state index contributed by atoms with van der Waals surface area (Å²) in [5.74, 6) is -3.01. The molecule has 0 radical (unpaired) electrons. The van der Waals surface area contributed by atoms with E-state index < -0.39 is 51.8 Å².